The standard InChI is InChI=1S/C13H11NOS2/c1-9(7-10-5-3-2-4-6-10)8-11-12(15)14-13(16)17-11/h2-8H,1H3,(H,14,15,16)/b9-7-,11-8-. The van der Waals surface area contributed by atoms with Gasteiger partial charge in [0, 0.05) is 0 Å². The molecule has 17 heavy (non-hydrogen) atoms. The van der Waals surface area contributed by atoms with Gasteiger partial charge in [0.15, 0.2) is 0 Å². The van der Waals surface area contributed by atoms with Crippen molar-refractivity contribution < 1.29 is 4.79 Å². The molecule has 2 rings (SSSR count). The van der Waals surface area contributed by atoms with Gasteiger partial charge in [0.2, 0.25) is 0 Å². The number of thioether (sulfide) groups is 1. The second kappa shape index (κ2) is 5.29. The van der Waals surface area contributed by atoms with Crippen LogP contribution < -0.4 is 5.32 Å². The van der Waals surface area contributed by atoms with Crippen molar-refractivity contribution in [1.82, 2.24) is 5.32 Å². The van der Waals surface area contributed by atoms with Crippen molar-refractivity contribution in [3.63, 3.8) is 0 Å². The lowest BCUT2D eigenvalue weighted by molar-refractivity contribution is -0.115. The smallest absolute Gasteiger partial charge is 0.263 e. The van der Waals surface area contributed by atoms with Crippen LogP contribution in [0, 0.1) is 0 Å². The van der Waals surface area contributed by atoms with Crippen LogP contribution in [0.2, 0.25) is 0 Å². The lowest BCUT2D eigenvalue weighted by atomic mass is 10.1. The number of amides is 1. The Kier molecular flexibility index (Phi) is 3.76. The fraction of sp³-hybridized carbons (Fsp3) is 0.0769. The zero-order chi connectivity index (χ0) is 12.3. The van der Waals surface area contributed by atoms with Crippen LogP contribution in [0.25, 0.3) is 6.08 Å². The molecular formula is C13H11NOS2. The minimum atomic E-state index is -0.110. The quantitative estimate of drug-likeness (QED) is 0.655. The van der Waals surface area contributed by atoms with Gasteiger partial charge in [0.05, 0.1) is 4.91 Å². The van der Waals surface area contributed by atoms with Gasteiger partial charge in [-0.2, -0.15) is 0 Å². The number of hydrogen-bond donors (Lipinski definition) is 1. The zero-order valence-electron chi connectivity index (χ0n) is 9.27. The molecule has 0 spiro atoms. The highest BCUT2D eigenvalue weighted by molar-refractivity contribution is 8.26. The first-order valence-electron chi connectivity index (χ1n) is 5.13. The second-order valence-electron chi connectivity index (χ2n) is 3.65. The topological polar surface area (TPSA) is 29.1 Å². The van der Waals surface area contributed by atoms with Gasteiger partial charge in [-0.1, -0.05) is 60.4 Å². The number of carbonyl (C=O) groups is 1. The number of hydrogen-bond acceptors (Lipinski definition) is 3. The van der Waals surface area contributed by atoms with E-state index in [1.54, 1.807) is 0 Å². The number of nitrogens with one attached hydrogen (secondary N) is 1. The van der Waals surface area contributed by atoms with E-state index in [0.717, 1.165) is 11.1 Å². The first-order chi connectivity index (χ1) is 8.15. The van der Waals surface area contributed by atoms with Crippen LogP contribution >= 0.6 is 24.0 Å². The maximum atomic E-state index is 11.5. The lowest BCUT2D eigenvalue weighted by Gasteiger charge is -1.96. The van der Waals surface area contributed by atoms with E-state index in [1.807, 2.05) is 49.4 Å². The highest BCUT2D eigenvalue weighted by atomic mass is 32.2. The molecule has 0 unspecified atom stereocenters. The molecule has 4 heteroatoms. The summed E-state index contributed by atoms with van der Waals surface area (Å²) >= 11 is 6.23. The van der Waals surface area contributed by atoms with E-state index in [0.29, 0.717) is 9.23 Å². The van der Waals surface area contributed by atoms with Crippen molar-refractivity contribution >= 4 is 40.3 Å². The predicted molar refractivity (Wildman–Crippen MR) is 76.5 cm³/mol. The van der Waals surface area contributed by atoms with Gasteiger partial charge in [0.25, 0.3) is 5.91 Å². The Morgan fingerprint density at radius 1 is 1.35 bits per heavy atom. The van der Waals surface area contributed by atoms with E-state index >= 15 is 0 Å². The summed E-state index contributed by atoms with van der Waals surface area (Å²) in [5.74, 6) is -0.110. The minimum Gasteiger partial charge on any atom is -0.307 e. The van der Waals surface area contributed by atoms with Gasteiger partial charge in [-0.05, 0) is 24.1 Å². The summed E-state index contributed by atoms with van der Waals surface area (Å²) in [4.78, 5) is 12.1. The fourth-order valence-corrected chi connectivity index (χ4v) is 2.58. The van der Waals surface area contributed by atoms with Crippen molar-refractivity contribution in [2.24, 2.45) is 0 Å². The molecule has 0 aliphatic carbocycles. The van der Waals surface area contributed by atoms with Crippen LogP contribution in [0.1, 0.15) is 12.5 Å². The van der Waals surface area contributed by atoms with Gasteiger partial charge in [0.1, 0.15) is 4.32 Å². The van der Waals surface area contributed by atoms with Gasteiger partial charge in [-0.15, -0.1) is 0 Å². The Labute approximate surface area is 110 Å². The fourth-order valence-electron chi connectivity index (χ4n) is 1.48. The number of benzene rings is 1. The van der Waals surface area contributed by atoms with E-state index in [-0.39, 0.29) is 5.91 Å². The van der Waals surface area contributed by atoms with E-state index in [2.05, 4.69) is 5.32 Å². The molecule has 0 aromatic heterocycles. The summed E-state index contributed by atoms with van der Waals surface area (Å²) in [6.45, 7) is 1.97. The molecule has 1 aliphatic heterocycles. The summed E-state index contributed by atoms with van der Waals surface area (Å²) in [6, 6.07) is 9.99. The molecule has 1 fully saturated rings. The number of rotatable bonds is 2. The summed E-state index contributed by atoms with van der Waals surface area (Å²) in [5, 5.41) is 2.60. The number of allylic oxidation sites excluding steroid dienone is 2. The average Bonchev–Trinajstić information content (AvgIpc) is 2.58. The summed E-state index contributed by atoms with van der Waals surface area (Å²) in [6.07, 6.45) is 3.88. The molecule has 1 N–H and O–H groups in total. The van der Waals surface area contributed by atoms with Crippen molar-refractivity contribution in [3.8, 4) is 0 Å². The molecule has 0 saturated carbocycles. The van der Waals surface area contributed by atoms with Crippen LogP contribution in [0.5, 0.6) is 0 Å². The van der Waals surface area contributed by atoms with Crippen LogP contribution in [-0.2, 0) is 4.79 Å². The molecule has 1 aliphatic rings. The monoisotopic (exact) mass is 261 g/mol. The first kappa shape index (κ1) is 12.1. The minimum absolute atomic E-state index is 0.110. The largest absolute Gasteiger partial charge is 0.307 e. The number of carbonyl (C=O) groups excluding carboxylic acids is 1. The maximum absolute atomic E-state index is 11.5. The summed E-state index contributed by atoms with van der Waals surface area (Å²) in [5.41, 5.74) is 2.14. The van der Waals surface area contributed by atoms with Crippen LogP contribution in [0.15, 0.2) is 46.9 Å². The summed E-state index contributed by atoms with van der Waals surface area (Å²) < 4.78 is 0.522. The molecule has 2 nitrogen and oxygen atoms in total. The van der Waals surface area contributed by atoms with Gasteiger partial charge in [-0.25, -0.2) is 0 Å². The third kappa shape index (κ3) is 3.28. The highest BCUT2D eigenvalue weighted by Crippen LogP contribution is 2.25. The maximum Gasteiger partial charge on any atom is 0.263 e. The molecule has 1 heterocycles. The van der Waals surface area contributed by atoms with Crippen LogP contribution in [-0.4, -0.2) is 10.2 Å². The third-order valence-electron chi connectivity index (χ3n) is 2.19. The van der Waals surface area contributed by atoms with Crippen molar-refractivity contribution in [3.05, 3.63) is 52.4 Å². The molecule has 1 aromatic carbocycles. The Bertz CT molecular complexity index is 517. The molecule has 0 bridgehead atoms. The van der Waals surface area contributed by atoms with Crippen LogP contribution in [0.3, 0.4) is 0 Å². The lowest BCUT2D eigenvalue weighted by Crippen LogP contribution is -2.17. The zero-order valence-corrected chi connectivity index (χ0v) is 10.9. The first-order valence-corrected chi connectivity index (χ1v) is 6.36. The van der Waals surface area contributed by atoms with E-state index in [1.165, 1.54) is 11.8 Å². The Morgan fingerprint density at radius 2 is 2.06 bits per heavy atom. The van der Waals surface area contributed by atoms with Gasteiger partial charge >= 0.3 is 0 Å². The van der Waals surface area contributed by atoms with Crippen molar-refractivity contribution in [1.29, 1.82) is 0 Å². The summed E-state index contributed by atoms with van der Waals surface area (Å²) in [7, 11) is 0. The van der Waals surface area contributed by atoms with E-state index in [9.17, 15) is 4.79 Å². The Balaban J connectivity index is 2.19. The average molecular weight is 261 g/mol. The Hall–Kier alpha value is -1.39. The van der Waals surface area contributed by atoms with Crippen LogP contribution in [0.4, 0.5) is 0 Å². The van der Waals surface area contributed by atoms with E-state index in [4.69, 9.17) is 12.2 Å². The van der Waals surface area contributed by atoms with Crippen molar-refractivity contribution in [2.45, 2.75) is 6.92 Å². The molecule has 1 saturated heterocycles. The molecule has 0 radical (unpaired) electrons. The van der Waals surface area contributed by atoms with Crippen molar-refractivity contribution in [2.75, 3.05) is 0 Å². The molecule has 86 valence electrons. The van der Waals surface area contributed by atoms with Gasteiger partial charge < -0.3 is 5.32 Å². The molecule has 1 aromatic rings. The second-order valence-corrected chi connectivity index (χ2v) is 5.37. The van der Waals surface area contributed by atoms with Gasteiger partial charge in [-0.3, -0.25) is 4.79 Å². The highest BCUT2D eigenvalue weighted by Gasteiger charge is 2.21. The molecule has 0 atom stereocenters. The Morgan fingerprint density at radius 3 is 2.65 bits per heavy atom. The van der Waals surface area contributed by atoms with E-state index < -0.39 is 0 Å². The molecule has 1 amide bonds. The number of thiocarbonyl (C=S) groups is 1. The molecular weight excluding hydrogens is 250 g/mol. The third-order valence-corrected chi connectivity index (χ3v) is 3.36. The SMILES string of the molecule is CC(=C/c1ccccc1)/C=C1\SC(=S)NC1=O. The predicted octanol–water partition coefficient (Wildman–Crippen LogP) is 3.12. The normalized spacial score (nSPS) is 18.6.